The van der Waals surface area contributed by atoms with E-state index in [2.05, 4.69) is 31.5 Å². The average molecular weight is 290 g/mol. The van der Waals surface area contributed by atoms with Gasteiger partial charge in [0.15, 0.2) is 5.13 Å². The highest BCUT2D eigenvalue weighted by atomic mass is 79.9. The molecule has 1 atom stereocenters. The molecule has 2 N–H and O–H groups in total. The Morgan fingerprint density at radius 1 is 1.73 bits per heavy atom. The SMILES string of the molecule is O=C(Nc1ncc(Br)s1)C1CCCNC1. The van der Waals surface area contributed by atoms with Crippen molar-refractivity contribution in [2.24, 2.45) is 5.92 Å². The third-order valence-corrected chi connectivity index (χ3v) is 3.77. The first kappa shape index (κ1) is 11.0. The normalized spacial score (nSPS) is 21.3. The van der Waals surface area contributed by atoms with Crippen molar-refractivity contribution in [1.82, 2.24) is 10.3 Å². The van der Waals surface area contributed by atoms with Crippen LogP contribution in [-0.4, -0.2) is 24.0 Å². The van der Waals surface area contributed by atoms with Gasteiger partial charge in [0.05, 0.1) is 15.9 Å². The summed E-state index contributed by atoms with van der Waals surface area (Å²) < 4.78 is 0.930. The van der Waals surface area contributed by atoms with Gasteiger partial charge in [-0.2, -0.15) is 0 Å². The molecule has 1 aliphatic rings. The zero-order valence-electron chi connectivity index (χ0n) is 8.12. The highest BCUT2D eigenvalue weighted by Crippen LogP contribution is 2.24. The number of piperidine rings is 1. The van der Waals surface area contributed by atoms with Gasteiger partial charge >= 0.3 is 0 Å². The van der Waals surface area contributed by atoms with E-state index in [-0.39, 0.29) is 11.8 Å². The van der Waals surface area contributed by atoms with Crippen LogP contribution in [0.25, 0.3) is 0 Å². The molecule has 0 radical (unpaired) electrons. The fourth-order valence-corrected chi connectivity index (χ4v) is 2.70. The van der Waals surface area contributed by atoms with Crippen LogP contribution in [0.5, 0.6) is 0 Å². The lowest BCUT2D eigenvalue weighted by atomic mass is 9.99. The van der Waals surface area contributed by atoms with Crippen LogP contribution in [0.2, 0.25) is 0 Å². The molecule has 2 heterocycles. The summed E-state index contributed by atoms with van der Waals surface area (Å²) in [7, 11) is 0. The topological polar surface area (TPSA) is 54.0 Å². The monoisotopic (exact) mass is 289 g/mol. The highest BCUT2D eigenvalue weighted by Gasteiger charge is 2.21. The van der Waals surface area contributed by atoms with Gasteiger partial charge in [-0.05, 0) is 35.3 Å². The van der Waals surface area contributed by atoms with Gasteiger partial charge < -0.3 is 10.6 Å². The number of nitrogens with zero attached hydrogens (tertiary/aromatic N) is 1. The minimum atomic E-state index is 0.0732. The first-order chi connectivity index (χ1) is 7.25. The summed E-state index contributed by atoms with van der Waals surface area (Å²) in [5.41, 5.74) is 0. The molecule has 4 nitrogen and oxygen atoms in total. The summed E-state index contributed by atoms with van der Waals surface area (Å²) in [5, 5.41) is 6.71. The van der Waals surface area contributed by atoms with Crippen LogP contribution >= 0.6 is 27.3 Å². The predicted octanol–water partition coefficient (Wildman–Crippen LogP) is 1.84. The summed E-state index contributed by atoms with van der Waals surface area (Å²) in [6, 6.07) is 0. The molecule has 0 bridgehead atoms. The second-order valence-corrected chi connectivity index (χ2v) is 5.91. The zero-order chi connectivity index (χ0) is 10.7. The van der Waals surface area contributed by atoms with Gasteiger partial charge in [0.2, 0.25) is 5.91 Å². The maximum absolute atomic E-state index is 11.8. The van der Waals surface area contributed by atoms with Crippen molar-refractivity contribution in [2.45, 2.75) is 12.8 Å². The Labute approximate surface area is 101 Å². The Bertz CT molecular complexity index is 349. The Hall–Kier alpha value is -0.460. The van der Waals surface area contributed by atoms with Crippen LogP contribution in [0, 0.1) is 5.92 Å². The van der Waals surface area contributed by atoms with E-state index in [4.69, 9.17) is 0 Å². The average Bonchev–Trinajstić information content (AvgIpc) is 2.65. The summed E-state index contributed by atoms with van der Waals surface area (Å²) in [4.78, 5) is 15.8. The first-order valence-corrected chi connectivity index (χ1v) is 6.49. The Kier molecular flexibility index (Phi) is 3.71. The molecule has 1 aromatic rings. The van der Waals surface area contributed by atoms with E-state index in [1.54, 1.807) is 6.20 Å². The third kappa shape index (κ3) is 2.99. The fraction of sp³-hybridized carbons (Fsp3) is 0.556. The molecule has 1 aliphatic heterocycles. The molecule has 1 amide bonds. The molecule has 6 heteroatoms. The van der Waals surface area contributed by atoms with Crippen LogP contribution in [0.15, 0.2) is 9.98 Å². The number of anilines is 1. The summed E-state index contributed by atoms with van der Waals surface area (Å²) in [6.45, 7) is 1.80. The molecule has 15 heavy (non-hydrogen) atoms. The molecular weight excluding hydrogens is 278 g/mol. The molecule has 1 unspecified atom stereocenters. The van der Waals surface area contributed by atoms with E-state index in [1.807, 2.05) is 0 Å². The second-order valence-electron chi connectivity index (χ2n) is 3.50. The minimum Gasteiger partial charge on any atom is -0.316 e. The van der Waals surface area contributed by atoms with E-state index < -0.39 is 0 Å². The van der Waals surface area contributed by atoms with Crippen LogP contribution in [0.4, 0.5) is 5.13 Å². The summed E-state index contributed by atoms with van der Waals surface area (Å²) in [6.07, 6.45) is 3.73. The van der Waals surface area contributed by atoms with Gasteiger partial charge in [-0.15, -0.1) is 0 Å². The second kappa shape index (κ2) is 5.05. The van der Waals surface area contributed by atoms with Gasteiger partial charge in [0.25, 0.3) is 0 Å². The van der Waals surface area contributed by atoms with Gasteiger partial charge in [-0.25, -0.2) is 4.98 Å². The lowest BCUT2D eigenvalue weighted by molar-refractivity contribution is -0.120. The Balaban J connectivity index is 1.91. The van der Waals surface area contributed by atoms with Crippen LogP contribution in [-0.2, 0) is 4.79 Å². The lowest BCUT2D eigenvalue weighted by Gasteiger charge is -2.21. The van der Waals surface area contributed by atoms with E-state index in [9.17, 15) is 4.79 Å². The summed E-state index contributed by atoms with van der Waals surface area (Å²) >= 11 is 4.74. The minimum absolute atomic E-state index is 0.0732. The quantitative estimate of drug-likeness (QED) is 0.874. The van der Waals surface area contributed by atoms with Gasteiger partial charge in [0, 0.05) is 6.54 Å². The number of nitrogens with one attached hydrogen (secondary N) is 2. The number of carbonyl (C=O) groups excluding carboxylic acids is 1. The van der Waals surface area contributed by atoms with Crippen molar-refractivity contribution >= 4 is 38.3 Å². The number of halogens is 1. The standard InChI is InChI=1S/C9H12BrN3OS/c10-7-5-12-9(15-7)13-8(14)6-2-1-3-11-4-6/h5-6,11H,1-4H2,(H,12,13,14). The first-order valence-electron chi connectivity index (χ1n) is 4.88. The van der Waals surface area contributed by atoms with Crippen LogP contribution < -0.4 is 10.6 Å². The maximum Gasteiger partial charge on any atom is 0.230 e. The molecule has 0 aromatic carbocycles. The lowest BCUT2D eigenvalue weighted by Crippen LogP contribution is -2.37. The van der Waals surface area contributed by atoms with Crippen molar-refractivity contribution in [3.05, 3.63) is 9.98 Å². The largest absolute Gasteiger partial charge is 0.316 e. The van der Waals surface area contributed by atoms with Crippen molar-refractivity contribution in [3.8, 4) is 0 Å². The molecule has 82 valence electrons. The highest BCUT2D eigenvalue weighted by molar-refractivity contribution is 9.11. The molecular formula is C9H12BrN3OS. The molecule has 0 saturated carbocycles. The number of hydrogen-bond donors (Lipinski definition) is 2. The molecule has 2 rings (SSSR count). The van der Waals surface area contributed by atoms with Crippen molar-refractivity contribution < 1.29 is 4.79 Å². The van der Waals surface area contributed by atoms with Gasteiger partial charge in [-0.1, -0.05) is 11.3 Å². The molecule has 0 spiro atoms. The molecule has 1 saturated heterocycles. The maximum atomic E-state index is 11.8. The van der Waals surface area contributed by atoms with E-state index in [0.29, 0.717) is 5.13 Å². The van der Waals surface area contributed by atoms with E-state index in [0.717, 1.165) is 29.7 Å². The van der Waals surface area contributed by atoms with E-state index >= 15 is 0 Å². The zero-order valence-corrected chi connectivity index (χ0v) is 10.5. The smallest absolute Gasteiger partial charge is 0.230 e. The Morgan fingerprint density at radius 2 is 2.60 bits per heavy atom. The molecule has 0 aliphatic carbocycles. The molecule has 1 aromatic heterocycles. The van der Waals surface area contributed by atoms with Crippen molar-refractivity contribution in [1.29, 1.82) is 0 Å². The van der Waals surface area contributed by atoms with Crippen LogP contribution in [0.3, 0.4) is 0 Å². The van der Waals surface area contributed by atoms with E-state index in [1.165, 1.54) is 11.3 Å². The van der Waals surface area contributed by atoms with Crippen molar-refractivity contribution in [3.63, 3.8) is 0 Å². The predicted molar refractivity (Wildman–Crippen MR) is 64.0 cm³/mol. The number of amides is 1. The number of thiazole rings is 1. The third-order valence-electron chi connectivity index (χ3n) is 2.38. The number of hydrogen-bond acceptors (Lipinski definition) is 4. The number of carbonyl (C=O) groups is 1. The fourth-order valence-electron chi connectivity index (χ4n) is 1.60. The molecule has 1 fully saturated rings. The number of rotatable bonds is 2. The number of aromatic nitrogens is 1. The van der Waals surface area contributed by atoms with Gasteiger partial charge in [-0.3, -0.25) is 4.79 Å². The van der Waals surface area contributed by atoms with Gasteiger partial charge in [0.1, 0.15) is 0 Å². The Morgan fingerprint density at radius 3 is 3.20 bits per heavy atom. The van der Waals surface area contributed by atoms with Crippen molar-refractivity contribution in [2.75, 3.05) is 18.4 Å². The van der Waals surface area contributed by atoms with Crippen LogP contribution in [0.1, 0.15) is 12.8 Å². The summed E-state index contributed by atoms with van der Waals surface area (Å²) in [5.74, 6) is 0.158.